The number of nitrogen functional groups attached to an aromatic ring is 1. The molecule has 6 N–H and O–H groups in total. The monoisotopic (exact) mass is 209 g/mol. The number of nitrogens with two attached hydrogens (primary N) is 2. The molecule has 0 aromatic carbocycles. The summed E-state index contributed by atoms with van der Waals surface area (Å²) >= 11 is 0. The molecule has 0 unspecified atom stereocenters. The van der Waals surface area contributed by atoms with Gasteiger partial charge in [0.05, 0.1) is 6.33 Å². The highest BCUT2D eigenvalue weighted by molar-refractivity contribution is 5.59. The Kier molecular flexibility index (Phi) is 2.36. The van der Waals surface area contributed by atoms with Crippen molar-refractivity contribution >= 4 is 11.5 Å². The Labute approximate surface area is 87.1 Å². The molecule has 6 nitrogen and oxygen atoms in total. The zero-order chi connectivity index (χ0) is 10.9. The molecule has 0 spiro atoms. The van der Waals surface area contributed by atoms with Crippen LogP contribution >= 0.6 is 0 Å². The summed E-state index contributed by atoms with van der Waals surface area (Å²) in [5, 5.41) is 3.07. The Morgan fingerprint density at radius 2 is 2.33 bits per heavy atom. The molecule has 15 heavy (non-hydrogen) atoms. The number of nitrogens with zero attached hydrogens (tertiary/aromatic N) is 1. The number of nitrogens with one attached hydrogen (secondary N) is 2. The molecule has 0 saturated heterocycles. The smallest absolute Gasteiger partial charge is 0.276 e. The second-order valence-corrected chi connectivity index (χ2v) is 4.05. The summed E-state index contributed by atoms with van der Waals surface area (Å²) in [6, 6.07) is 0. The maximum Gasteiger partial charge on any atom is 0.276 e. The molecule has 1 aromatic rings. The number of rotatable bonds is 4. The third-order valence-corrected chi connectivity index (χ3v) is 2.91. The van der Waals surface area contributed by atoms with Gasteiger partial charge in [-0.2, -0.15) is 0 Å². The summed E-state index contributed by atoms with van der Waals surface area (Å²) in [5.41, 5.74) is 11.2. The van der Waals surface area contributed by atoms with Gasteiger partial charge in [-0.3, -0.25) is 4.79 Å². The van der Waals surface area contributed by atoms with Gasteiger partial charge in [0.1, 0.15) is 5.69 Å². The number of hydrogen-bond donors (Lipinski definition) is 4. The van der Waals surface area contributed by atoms with E-state index in [0.29, 0.717) is 12.4 Å². The van der Waals surface area contributed by atoms with Crippen LogP contribution in [0.5, 0.6) is 0 Å². The summed E-state index contributed by atoms with van der Waals surface area (Å²) in [5.74, 6) is 0.443. The fourth-order valence-corrected chi connectivity index (χ4v) is 1.45. The van der Waals surface area contributed by atoms with Crippen molar-refractivity contribution in [1.29, 1.82) is 0 Å². The fraction of sp³-hybridized carbons (Fsp3) is 0.556. The van der Waals surface area contributed by atoms with Crippen LogP contribution < -0.4 is 22.3 Å². The summed E-state index contributed by atoms with van der Waals surface area (Å²) in [7, 11) is 0. The van der Waals surface area contributed by atoms with E-state index < -0.39 is 0 Å². The van der Waals surface area contributed by atoms with Crippen molar-refractivity contribution < 1.29 is 0 Å². The molecule has 1 heterocycles. The minimum absolute atomic E-state index is 0.130. The van der Waals surface area contributed by atoms with Crippen LogP contribution in [0.1, 0.15) is 12.8 Å². The second-order valence-electron chi connectivity index (χ2n) is 4.05. The van der Waals surface area contributed by atoms with E-state index in [4.69, 9.17) is 11.5 Å². The van der Waals surface area contributed by atoms with Crippen LogP contribution in [-0.4, -0.2) is 23.1 Å². The van der Waals surface area contributed by atoms with Crippen molar-refractivity contribution in [3.63, 3.8) is 0 Å². The third kappa shape index (κ3) is 1.94. The van der Waals surface area contributed by atoms with Gasteiger partial charge in [0.2, 0.25) is 0 Å². The Balaban J connectivity index is 2.05. The zero-order valence-corrected chi connectivity index (χ0v) is 8.42. The van der Waals surface area contributed by atoms with E-state index in [0.717, 1.165) is 19.4 Å². The largest absolute Gasteiger partial charge is 0.391 e. The number of aromatic amines is 1. The first kappa shape index (κ1) is 9.97. The standard InChI is InChI=1S/C9H15N5O/c10-3-9(1-2-9)4-12-7-6(11)8(15)14-5-13-7/h5H,1-4,10-11H2,(H2,12,13,14,15). The van der Waals surface area contributed by atoms with Gasteiger partial charge in [0.25, 0.3) is 5.56 Å². The predicted molar refractivity (Wildman–Crippen MR) is 58.5 cm³/mol. The number of aromatic nitrogens is 2. The van der Waals surface area contributed by atoms with E-state index in [-0.39, 0.29) is 16.7 Å². The van der Waals surface area contributed by atoms with Gasteiger partial charge in [0, 0.05) is 6.54 Å². The molecule has 0 bridgehead atoms. The fourth-order valence-electron chi connectivity index (χ4n) is 1.45. The second kappa shape index (κ2) is 3.54. The lowest BCUT2D eigenvalue weighted by atomic mass is 10.1. The lowest BCUT2D eigenvalue weighted by Gasteiger charge is -2.14. The van der Waals surface area contributed by atoms with Crippen molar-refractivity contribution in [1.82, 2.24) is 9.97 Å². The van der Waals surface area contributed by atoms with Crippen LogP contribution in [0.15, 0.2) is 11.1 Å². The lowest BCUT2D eigenvalue weighted by Crippen LogP contribution is -2.26. The average Bonchev–Trinajstić information content (AvgIpc) is 3.01. The molecule has 0 amide bonds. The minimum atomic E-state index is -0.315. The number of anilines is 2. The van der Waals surface area contributed by atoms with E-state index in [1.54, 1.807) is 0 Å². The number of H-pyrrole nitrogens is 1. The van der Waals surface area contributed by atoms with E-state index in [9.17, 15) is 4.79 Å². The summed E-state index contributed by atoms with van der Waals surface area (Å²) in [6.07, 6.45) is 3.59. The molecular formula is C9H15N5O. The molecule has 0 radical (unpaired) electrons. The third-order valence-electron chi connectivity index (χ3n) is 2.91. The van der Waals surface area contributed by atoms with E-state index in [1.807, 2.05) is 0 Å². The van der Waals surface area contributed by atoms with E-state index >= 15 is 0 Å². The average molecular weight is 209 g/mol. The van der Waals surface area contributed by atoms with Crippen LogP contribution in [0.25, 0.3) is 0 Å². The van der Waals surface area contributed by atoms with Crippen molar-refractivity contribution in [2.75, 3.05) is 24.1 Å². The van der Waals surface area contributed by atoms with Crippen LogP contribution in [0.2, 0.25) is 0 Å². The van der Waals surface area contributed by atoms with Gasteiger partial charge in [-0.25, -0.2) is 4.98 Å². The van der Waals surface area contributed by atoms with Crippen molar-refractivity contribution in [3.05, 3.63) is 16.7 Å². The van der Waals surface area contributed by atoms with Crippen LogP contribution in [-0.2, 0) is 0 Å². The molecule has 2 rings (SSSR count). The maximum absolute atomic E-state index is 11.2. The molecule has 0 aliphatic heterocycles. The summed E-state index contributed by atoms with van der Waals surface area (Å²) < 4.78 is 0. The SMILES string of the molecule is NCC1(CNc2nc[nH]c(=O)c2N)CC1. The van der Waals surface area contributed by atoms with E-state index in [1.165, 1.54) is 6.33 Å². The first-order valence-electron chi connectivity index (χ1n) is 4.94. The summed E-state index contributed by atoms with van der Waals surface area (Å²) in [6.45, 7) is 1.38. The molecule has 1 aromatic heterocycles. The first-order chi connectivity index (χ1) is 7.17. The molecule has 0 atom stereocenters. The molecule has 1 aliphatic rings. The van der Waals surface area contributed by atoms with Crippen LogP contribution in [0, 0.1) is 5.41 Å². The van der Waals surface area contributed by atoms with Gasteiger partial charge < -0.3 is 21.8 Å². The Morgan fingerprint density at radius 3 is 2.93 bits per heavy atom. The van der Waals surface area contributed by atoms with Crippen molar-refractivity contribution in [3.8, 4) is 0 Å². The van der Waals surface area contributed by atoms with Gasteiger partial charge in [-0.15, -0.1) is 0 Å². The minimum Gasteiger partial charge on any atom is -0.391 e. The van der Waals surface area contributed by atoms with Crippen molar-refractivity contribution in [2.24, 2.45) is 11.1 Å². The van der Waals surface area contributed by atoms with Gasteiger partial charge in [-0.1, -0.05) is 0 Å². The topological polar surface area (TPSA) is 110 Å². The van der Waals surface area contributed by atoms with Crippen LogP contribution in [0.3, 0.4) is 0 Å². The quantitative estimate of drug-likeness (QED) is 0.534. The highest BCUT2D eigenvalue weighted by Gasteiger charge is 2.40. The summed E-state index contributed by atoms with van der Waals surface area (Å²) in [4.78, 5) is 17.5. The molecule has 1 aliphatic carbocycles. The molecule has 1 saturated carbocycles. The molecule has 82 valence electrons. The molecule has 6 heteroatoms. The number of hydrogen-bond acceptors (Lipinski definition) is 5. The highest BCUT2D eigenvalue weighted by atomic mass is 16.1. The first-order valence-corrected chi connectivity index (χ1v) is 4.94. The van der Waals surface area contributed by atoms with Gasteiger partial charge in [-0.05, 0) is 24.8 Å². The van der Waals surface area contributed by atoms with Gasteiger partial charge >= 0.3 is 0 Å². The maximum atomic E-state index is 11.2. The predicted octanol–water partition coefficient (Wildman–Crippen LogP) is -0.497. The normalized spacial score (nSPS) is 17.4. The van der Waals surface area contributed by atoms with Crippen molar-refractivity contribution in [2.45, 2.75) is 12.8 Å². The Morgan fingerprint density at radius 1 is 1.60 bits per heavy atom. The highest BCUT2D eigenvalue weighted by Crippen LogP contribution is 2.44. The van der Waals surface area contributed by atoms with E-state index in [2.05, 4.69) is 15.3 Å². The Hall–Kier alpha value is -1.56. The lowest BCUT2D eigenvalue weighted by molar-refractivity contribution is 0.555. The molecule has 1 fully saturated rings. The van der Waals surface area contributed by atoms with Crippen LogP contribution in [0.4, 0.5) is 11.5 Å². The van der Waals surface area contributed by atoms with Gasteiger partial charge in [0.15, 0.2) is 5.82 Å². The zero-order valence-electron chi connectivity index (χ0n) is 8.42. The Bertz CT molecular complexity index is 409. The molecular weight excluding hydrogens is 194 g/mol.